The lowest BCUT2D eigenvalue weighted by atomic mass is 10.0. The molecule has 0 amide bonds. The molecular weight excluding hydrogens is 228 g/mol. The highest BCUT2D eigenvalue weighted by Crippen LogP contribution is 2.14. The molecule has 0 nitrogen and oxygen atoms in total. The van der Waals surface area contributed by atoms with Crippen molar-refractivity contribution in [2.75, 3.05) is 0 Å². The summed E-state index contributed by atoms with van der Waals surface area (Å²) in [7, 11) is 0. The largest absolute Gasteiger partial charge is 0.0630 e. The lowest BCUT2D eigenvalue weighted by Crippen LogP contribution is -1.91. The van der Waals surface area contributed by atoms with E-state index >= 15 is 0 Å². The Kier molecular flexibility index (Phi) is 22.8. The molecule has 1 aliphatic rings. The highest BCUT2D eigenvalue weighted by atomic mass is 14.0. The van der Waals surface area contributed by atoms with Crippen molar-refractivity contribution in [3.8, 4) is 0 Å². The maximum atomic E-state index is 2.28. The Morgan fingerprint density at radius 2 is 0.632 bits per heavy atom. The van der Waals surface area contributed by atoms with Crippen LogP contribution in [0, 0.1) is 23.7 Å². The fourth-order valence-electron chi connectivity index (χ4n) is 0.667. The van der Waals surface area contributed by atoms with E-state index in [1.54, 1.807) is 0 Å². The van der Waals surface area contributed by atoms with E-state index in [1.807, 2.05) is 0 Å². The van der Waals surface area contributed by atoms with Gasteiger partial charge in [0.25, 0.3) is 0 Å². The van der Waals surface area contributed by atoms with Gasteiger partial charge in [-0.1, -0.05) is 101 Å². The first-order valence-corrected chi connectivity index (χ1v) is 8.59. The lowest BCUT2D eigenvalue weighted by molar-refractivity contribution is 0.476. The molecule has 1 fully saturated rings. The first kappa shape index (κ1) is 24.0. The molecule has 0 aliphatic heterocycles. The average Bonchev–Trinajstić information content (AvgIpc) is 2.99. The number of rotatable bonds is 3. The maximum Gasteiger partial charge on any atom is -0.0471 e. The van der Waals surface area contributed by atoms with E-state index in [0.717, 1.165) is 23.7 Å². The first-order chi connectivity index (χ1) is 8.59. The van der Waals surface area contributed by atoms with Crippen LogP contribution in [-0.2, 0) is 0 Å². The van der Waals surface area contributed by atoms with Gasteiger partial charge in [-0.2, -0.15) is 0 Å². The number of hydrogen-bond acceptors (Lipinski definition) is 0. The van der Waals surface area contributed by atoms with Crippen molar-refractivity contribution in [2.24, 2.45) is 23.7 Å². The molecule has 19 heavy (non-hydrogen) atoms. The minimum absolute atomic E-state index is 0.833. The Balaban J connectivity index is -0.000000196. The summed E-state index contributed by atoms with van der Waals surface area (Å²) in [5.41, 5.74) is 0. The summed E-state index contributed by atoms with van der Waals surface area (Å²) in [6.45, 7) is 22.1. The van der Waals surface area contributed by atoms with Crippen LogP contribution in [0.1, 0.15) is 101 Å². The van der Waals surface area contributed by atoms with Gasteiger partial charge in [-0.05, 0) is 23.7 Å². The van der Waals surface area contributed by atoms with Crippen molar-refractivity contribution < 1.29 is 0 Å². The predicted molar refractivity (Wildman–Crippen MR) is 93.8 cm³/mol. The van der Waals surface area contributed by atoms with Crippen LogP contribution in [0.15, 0.2) is 0 Å². The molecule has 0 spiro atoms. The third-order valence-electron chi connectivity index (χ3n) is 1.67. The normalized spacial score (nSPS) is 12.3. The fraction of sp³-hybridized carbons (Fsp3) is 1.00. The minimum Gasteiger partial charge on any atom is -0.0630 e. The molecule has 0 aromatic rings. The first-order valence-electron chi connectivity index (χ1n) is 8.59. The Labute approximate surface area is 125 Å². The van der Waals surface area contributed by atoms with E-state index in [2.05, 4.69) is 69.2 Å². The second kappa shape index (κ2) is 18.0. The van der Waals surface area contributed by atoms with Crippen molar-refractivity contribution in [2.45, 2.75) is 101 Å². The zero-order valence-corrected chi connectivity index (χ0v) is 15.8. The van der Waals surface area contributed by atoms with Crippen molar-refractivity contribution in [1.82, 2.24) is 0 Å². The Morgan fingerprint density at radius 1 is 0.474 bits per heavy atom. The van der Waals surface area contributed by atoms with Gasteiger partial charge >= 0.3 is 0 Å². The van der Waals surface area contributed by atoms with Gasteiger partial charge in [0.15, 0.2) is 0 Å². The second-order valence-electron chi connectivity index (χ2n) is 7.89. The van der Waals surface area contributed by atoms with E-state index in [1.165, 1.54) is 32.1 Å². The third kappa shape index (κ3) is 128. The van der Waals surface area contributed by atoms with Crippen LogP contribution in [0.3, 0.4) is 0 Å². The van der Waals surface area contributed by atoms with Gasteiger partial charge in [0.1, 0.15) is 0 Å². The molecule has 1 aliphatic carbocycles. The summed E-state index contributed by atoms with van der Waals surface area (Å²) >= 11 is 0. The summed E-state index contributed by atoms with van der Waals surface area (Å²) in [6.07, 6.45) is 7.27. The monoisotopic (exact) mass is 272 g/mol. The van der Waals surface area contributed by atoms with Gasteiger partial charge in [0.05, 0.1) is 0 Å². The van der Waals surface area contributed by atoms with Gasteiger partial charge in [-0.25, -0.2) is 0 Å². The molecule has 0 saturated heterocycles. The van der Waals surface area contributed by atoms with Crippen LogP contribution in [0.4, 0.5) is 0 Å². The van der Waals surface area contributed by atoms with Crippen LogP contribution in [0.5, 0.6) is 0 Å². The molecule has 0 N–H and O–H groups in total. The molecule has 1 saturated carbocycles. The molecule has 0 radical (unpaired) electrons. The third-order valence-corrected chi connectivity index (χ3v) is 1.67. The Bertz CT molecular complexity index is 107. The Morgan fingerprint density at radius 3 is 0.684 bits per heavy atom. The lowest BCUT2D eigenvalue weighted by Gasteiger charge is -2.05. The van der Waals surface area contributed by atoms with Gasteiger partial charge in [0.2, 0.25) is 0 Å². The Hall–Kier alpha value is 0. The zero-order chi connectivity index (χ0) is 15.8. The molecule has 0 heterocycles. The molecule has 0 atom stereocenters. The van der Waals surface area contributed by atoms with Crippen molar-refractivity contribution in [1.29, 1.82) is 0 Å². The van der Waals surface area contributed by atoms with E-state index < -0.39 is 0 Å². The molecule has 0 aromatic carbocycles. The van der Waals surface area contributed by atoms with E-state index in [4.69, 9.17) is 0 Å². The molecular formula is C19H44. The quantitative estimate of drug-likeness (QED) is 0.497. The van der Waals surface area contributed by atoms with Crippen LogP contribution in [0.25, 0.3) is 0 Å². The summed E-state index contributed by atoms with van der Waals surface area (Å²) in [5.74, 6) is 3.44. The molecule has 0 bridgehead atoms. The molecule has 120 valence electrons. The molecule has 0 unspecified atom stereocenters. The molecule has 0 aromatic heterocycles. The van der Waals surface area contributed by atoms with Crippen molar-refractivity contribution >= 4 is 0 Å². The van der Waals surface area contributed by atoms with Crippen molar-refractivity contribution in [3.05, 3.63) is 0 Å². The second-order valence-corrected chi connectivity index (χ2v) is 7.89. The van der Waals surface area contributed by atoms with Crippen LogP contribution in [-0.4, -0.2) is 0 Å². The standard InChI is InChI=1S/C8H18.2C4H10.C3H6/c1-7(2)5-6-8(3)4;2*1-4(2)3;1-2-3-1/h7-8H,5-6H2,1-4H3;2*4H,1-3H3;1-3H2. The van der Waals surface area contributed by atoms with Gasteiger partial charge in [-0.15, -0.1) is 0 Å². The summed E-state index contributed by atoms with van der Waals surface area (Å²) < 4.78 is 0. The van der Waals surface area contributed by atoms with E-state index in [9.17, 15) is 0 Å². The van der Waals surface area contributed by atoms with Crippen LogP contribution in [0.2, 0.25) is 0 Å². The number of hydrogen-bond donors (Lipinski definition) is 0. The van der Waals surface area contributed by atoms with Gasteiger partial charge in [-0.3, -0.25) is 0 Å². The van der Waals surface area contributed by atoms with Gasteiger partial charge in [0, 0.05) is 0 Å². The maximum absolute atomic E-state index is 2.28. The SMILES string of the molecule is C1CC1.CC(C)C.CC(C)C.CC(C)CCC(C)C. The van der Waals surface area contributed by atoms with Crippen LogP contribution >= 0.6 is 0 Å². The molecule has 0 heteroatoms. The summed E-state index contributed by atoms with van der Waals surface area (Å²) in [6, 6.07) is 0. The molecule has 1 rings (SSSR count). The summed E-state index contributed by atoms with van der Waals surface area (Å²) in [4.78, 5) is 0. The predicted octanol–water partition coefficient (Wildman–Crippen LogP) is 7.57. The smallest absolute Gasteiger partial charge is 0.0471 e. The zero-order valence-electron chi connectivity index (χ0n) is 15.8. The highest BCUT2D eigenvalue weighted by Gasteiger charge is 1.96. The fourth-order valence-corrected chi connectivity index (χ4v) is 0.667. The highest BCUT2D eigenvalue weighted by molar-refractivity contribution is 4.50. The average molecular weight is 273 g/mol. The summed E-state index contributed by atoms with van der Waals surface area (Å²) in [5, 5.41) is 0. The van der Waals surface area contributed by atoms with Crippen molar-refractivity contribution in [3.63, 3.8) is 0 Å². The minimum atomic E-state index is 0.833. The van der Waals surface area contributed by atoms with Crippen LogP contribution < -0.4 is 0 Å². The van der Waals surface area contributed by atoms with E-state index in [-0.39, 0.29) is 0 Å². The van der Waals surface area contributed by atoms with Gasteiger partial charge < -0.3 is 0 Å². The topological polar surface area (TPSA) is 0 Å². The van der Waals surface area contributed by atoms with E-state index in [0.29, 0.717) is 0 Å².